The summed E-state index contributed by atoms with van der Waals surface area (Å²) in [5, 5.41) is 15.2. The Morgan fingerprint density at radius 2 is 2.00 bits per heavy atom. The van der Waals surface area contributed by atoms with Gasteiger partial charge in [-0.05, 0) is 30.5 Å². The predicted molar refractivity (Wildman–Crippen MR) is 98.8 cm³/mol. The third-order valence-corrected chi connectivity index (χ3v) is 4.37. The van der Waals surface area contributed by atoms with Gasteiger partial charge in [-0.25, -0.2) is 0 Å². The van der Waals surface area contributed by atoms with Gasteiger partial charge in [-0.2, -0.15) is 5.10 Å². The first kappa shape index (κ1) is 18.4. The summed E-state index contributed by atoms with van der Waals surface area (Å²) < 4.78 is 0. The summed E-state index contributed by atoms with van der Waals surface area (Å²) in [4.78, 5) is 35.2. The number of H-pyrrole nitrogens is 1. The molecule has 9 heteroatoms. The molecule has 27 heavy (non-hydrogen) atoms. The van der Waals surface area contributed by atoms with Crippen LogP contribution in [0.1, 0.15) is 22.5 Å². The SMILES string of the molecule is NC(=O)c1ccccc1NCC(=O)NCC1CC1NC(=O)Cc1ccn[nH]1. The third-order valence-electron chi connectivity index (χ3n) is 4.37. The Labute approximate surface area is 156 Å². The average molecular weight is 370 g/mol. The molecule has 3 rings (SSSR count). The second-order valence-electron chi connectivity index (χ2n) is 6.50. The van der Waals surface area contributed by atoms with E-state index in [1.165, 1.54) is 0 Å². The Morgan fingerprint density at radius 3 is 2.74 bits per heavy atom. The van der Waals surface area contributed by atoms with E-state index in [0.717, 1.165) is 12.1 Å². The lowest BCUT2D eigenvalue weighted by Gasteiger charge is -2.10. The van der Waals surface area contributed by atoms with Crippen molar-refractivity contribution in [2.75, 3.05) is 18.4 Å². The number of nitrogens with zero attached hydrogens (tertiary/aromatic N) is 1. The number of rotatable bonds is 9. The summed E-state index contributed by atoms with van der Waals surface area (Å²) in [5.41, 5.74) is 6.93. The lowest BCUT2D eigenvalue weighted by molar-refractivity contribution is -0.120. The van der Waals surface area contributed by atoms with Crippen LogP contribution in [0.5, 0.6) is 0 Å². The van der Waals surface area contributed by atoms with Crippen molar-refractivity contribution >= 4 is 23.4 Å². The zero-order chi connectivity index (χ0) is 19.2. The summed E-state index contributed by atoms with van der Waals surface area (Å²) in [6.45, 7) is 0.529. The van der Waals surface area contributed by atoms with E-state index in [1.807, 2.05) is 0 Å². The van der Waals surface area contributed by atoms with Gasteiger partial charge in [0.05, 0.1) is 18.5 Å². The second-order valence-corrected chi connectivity index (χ2v) is 6.50. The number of aromatic nitrogens is 2. The van der Waals surface area contributed by atoms with Crippen LogP contribution in [-0.4, -0.2) is 47.1 Å². The minimum atomic E-state index is -0.551. The summed E-state index contributed by atoms with van der Waals surface area (Å²) in [6.07, 6.45) is 2.71. The fourth-order valence-electron chi connectivity index (χ4n) is 2.80. The number of carbonyl (C=O) groups excluding carboxylic acids is 3. The van der Waals surface area contributed by atoms with E-state index in [9.17, 15) is 14.4 Å². The van der Waals surface area contributed by atoms with Crippen LogP contribution in [0.3, 0.4) is 0 Å². The maximum absolute atomic E-state index is 12.0. The molecule has 3 amide bonds. The molecule has 6 N–H and O–H groups in total. The molecule has 1 aromatic heterocycles. The molecule has 9 nitrogen and oxygen atoms in total. The summed E-state index contributed by atoms with van der Waals surface area (Å²) in [6, 6.07) is 8.60. The summed E-state index contributed by atoms with van der Waals surface area (Å²) in [7, 11) is 0. The van der Waals surface area contributed by atoms with Crippen LogP contribution in [0.4, 0.5) is 5.69 Å². The van der Waals surface area contributed by atoms with Gasteiger partial charge in [0.2, 0.25) is 11.8 Å². The molecule has 2 unspecified atom stereocenters. The highest BCUT2D eigenvalue weighted by molar-refractivity contribution is 5.99. The van der Waals surface area contributed by atoms with Gasteiger partial charge >= 0.3 is 0 Å². The van der Waals surface area contributed by atoms with E-state index in [4.69, 9.17) is 5.73 Å². The van der Waals surface area contributed by atoms with Crippen molar-refractivity contribution in [1.29, 1.82) is 0 Å². The van der Waals surface area contributed by atoms with Crippen molar-refractivity contribution in [3.8, 4) is 0 Å². The van der Waals surface area contributed by atoms with Crippen molar-refractivity contribution in [2.45, 2.75) is 18.9 Å². The Hall–Kier alpha value is -3.36. The van der Waals surface area contributed by atoms with Crippen molar-refractivity contribution in [3.63, 3.8) is 0 Å². The van der Waals surface area contributed by atoms with Gasteiger partial charge < -0.3 is 21.7 Å². The van der Waals surface area contributed by atoms with Gasteiger partial charge in [-0.3, -0.25) is 19.5 Å². The number of amides is 3. The molecule has 0 radical (unpaired) electrons. The molecule has 1 heterocycles. The third kappa shape index (κ3) is 5.30. The number of hydrogen-bond acceptors (Lipinski definition) is 5. The fourth-order valence-corrected chi connectivity index (χ4v) is 2.80. The Kier molecular flexibility index (Phi) is 5.70. The molecular formula is C18H22N6O3. The highest BCUT2D eigenvalue weighted by Gasteiger charge is 2.38. The van der Waals surface area contributed by atoms with Crippen LogP contribution in [0, 0.1) is 5.92 Å². The second kappa shape index (κ2) is 8.35. The molecule has 0 aliphatic heterocycles. The molecule has 2 atom stereocenters. The maximum Gasteiger partial charge on any atom is 0.250 e. The normalized spacial score (nSPS) is 17.8. The van der Waals surface area contributed by atoms with Gasteiger partial charge in [0.15, 0.2) is 0 Å². The van der Waals surface area contributed by atoms with Crippen LogP contribution in [0.25, 0.3) is 0 Å². The first-order valence-electron chi connectivity index (χ1n) is 8.70. The van der Waals surface area contributed by atoms with Crippen LogP contribution >= 0.6 is 0 Å². The van der Waals surface area contributed by atoms with E-state index in [2.05, 4.69) is 26.1 Å². The van der Waals surface area contributed by atoms with Gasteiger partial charge in [0.25, 0.3) is 5.91 Å². The Bertz CT molecular complexity index is 820. The van der Waals surface area contributed by atoms with E-state index in [0.29, 0.717) is 17.8 Å². The number of anilines is 1. The highest BCUT2D eigenvalue weighted by Crippen LogP contribution is 2.29. The topological polar surface area (TPSA) is 142 Å². The number of nitrogens with one attached hydrogen (secondary N) is 4. The van der Waals surface area contributed by atoms with Crippen molar-refractivity contribution < 1.29 is 14.4 Å². The van der Waals surface area contributed by atoms with Crippen LogP contribution in [0.15, 0.2) is 36.5 Å². The number of carbonyl (C=O) groups is 3. The maximum atomic E-state index is 12.0. The summed E-state index contributed by atoms with van der Waals surface area (Å²) in [5.74, 6) is -0.575. The first-order chi connectivity index (χ1) is 13.0. The average Bonchev–Trinajstić information content (AvgIpc) is 3.17. The van der Waals surface area contributed by atoms with Gasteiger partial charge in [-0.1, -0.05) is 12.1 Å². The molecule has 1 aliphatic carbocycles. The van der Waals surface area contributed by atoms with Gasteiger partial charge in [-0.15, -0.1) is 0 Å². The zero-order valence-electron chi connectivity index (χ0n) is 14.7. The molecule has 0 spiro atoms. The fraction of sp³-hybridized carbons (Fsp3) is 0.333. The molecule has 1 aromatic carbocycles. The van der Waals surface area contributed by atoms with E-state index in [-0.39, 0.29) is 36.7 Å². The van der Waals surface area contributed by atoms with Gasteiger partial charge in [0.1, 0.15) is 0 Å². The number of primary amides is 1. The largest absolute Gasteiger partial charge is 0.376 e. The smallest absolute Gasteiger partial charge is 0.250 e. The highest BCUT2D eigenvalue weighted by atomic mass is 16.2. The molecule has 1 saturated carbocycles. The van der Waals surface area contributed by atoms with Crippen molar-refractivity contribution in [2.24, 2.45) is 11.7 Å². The molecule has 1 fully saturated rings. The number of aromatic amines is 1. The number of para-hydroxylation sites is 1. The lowest BCUT2D eigenvalue weighted by Crippen LogP contribution is -2.34. The predicted octanol–water partition coefficient (Wildman–Crippen LogP) is -0.216. The number of hydrogen-bond donors (Lipinski definition) is 5. The number of benzene rings is 1. The summed E-state index contributed by atoms with van der Waals surface area (Å²) >= 11 is 0. The molecule has 142 valence electrons. The van der Waals surface area contributed by atoms with Crippen molar-refractivity contribution in [3.05, 3.63) is 47.8 Å². The van der Waals surface area contributed by atoms with E-state index in [1.54, 1.807) is 36.5 Å². The van der Waals surface area contributed by atoms with Gasteiger partial charge in [0, 0.05) is 30.2 Å². The minimum Gasteiger partial charge on any atom is -0.376 e. The number of nitrogens with two attached hydrogens (primary N) is 1. The molecular weight excluding hydrogens is 348 g/mol. The van der Waals surface area contributed by atoms with E-state index >= 15 is 0 Å². The monoisotopic (exact) mass is 370 g/mol. The molecule has 1 aliphatic rings. The van der Waals surface area contributed by atoms with Crippen molar-refractivity contribution in [1.82, 2.24) is 20.8 Å². The van der Waals surface area contributed by atoms with Crippen LogP contribution < -0.4 is 21.7 Å². The standard InChI is InChI=1S/C18H22N6O3/c19-18(27)13-3-1-2-4-14(13)20-10-17(26)21-9-11-7-15(11)23-16(25)8-12-5-6-22-24-12/h1-6,11,15,20H,7-10H2,(H2,19,27)(H,21,26)(H,22,24)(H,23,25). The quantitative estimate of drug-likeness (QED) is 0.415. The molecule has 0 saturated heterocycles. The zero-order valence-corrected chi connectivity index (χ0v) is 14.7. The van der Waals surface area contributed by atoms with E-state index < -0.39 is 5.91 Å². The first-order valence-corrected chi connectivity index (χ1v) is 8.70. The Morgan fingerprint density at radius 1 is 1.19 bits per heavy atom. The molecule has 0 bridgehead atoms. The molecule has 2 aromatic rings. The lowest BCUT2D eigenvalue weighted by atomic mass is 10.1. The minimum absolute atomic E-state index is 0.0356. The van der Waals surface area contributed by atoms with Crippen LogP contribution in [-0.2, 0) is 16.0 Å². The Balaban J connectivity index is 1.35. The van der Waals surface area contributed by atoms with Crippen LogP contribution in [0.2, 0.25) is 0 Å².